The third kappa shape index (κ3) is 3.88. The molecule has 2 aliphatic heterocycles. The molecule has 2 atom stereocenters. The number of aliphatic hydroxyl groups excluding tert-OH is 1. The van der Waals surface area contributed by atoms with Crippen LogP contribution in [0, 0.1) is 5.92 Å². The molecule has 2 aliphatic rings. The van der Waals surface area contributed by atoms with E-state index in [1.807, 2.05) is 0 Å². The van der Waals surface area contributed by atoms with E-state index in [1.165, 1.54) is 6.34 Å². The Labute approximate surface area is 115 Å². The first-order valence-corrected chi connectivity index (χ1v) is 6.96. The third-order valence-corrected chi connectivity index (χ3v) is 3.84. The molecule has 0 aromatic rings. The van der Waals surface area contributed by atoms with E-state index >= 15 is 0 Å². The highest BCUT2D eigenvalue weighted by molar-refractivity contribution is 5.89. The highest BCUT2D eigenvalue weighted by Crippen LogP contribution is 2.19. The minimum absolute atomic E-state index is 0.381. The molecule has 0 aliphatic carbocycles. The number of nitrogens with zero attached hydrogens (tertiary/aromatic N) is 4. The largest absolute Gasteiger partial charge is 0.387 e. The molecule has 0 aromatic carbocycles. The van der Waals surface area contributed by atoms with Gasteiger partial charge in [0, 0.05) is 32.6 Å². The molecule has 0 radical (unpaired) electrons. The maximum Gasteiger partial charge on any atom is 0.117 e. The summed E-state index contributed by atoms with van der Waals surface area (Å²) in [4.78, 5) is 13.3. The Kier molecular flexibility index (Phi) is 4.71. The molecule has 2 rings (SSSR count). The summed E-state index contributed by atoms with van der Waals surface area (Å²) in [5, 5.41) is 9.92. The highest BCUT2D eigenvalue weighted by atomic mass is 16.3. The molecule has 1 fully saturated rings. The Morgan fingerprint density at radius 3 is 2.68 bits per heavy atom. The van der Waals surface area contributed by atoms with Crippen LogP contribution in [0.5, 0.6) is 0 Å². The molecule has 0 unspecified atom stereocenters. The lowest BCUT2D eigenvalue weighted by molar-refractivity contribution is 0.177. The first-order chi connectivity index (χ1) is 9.06. The number of hydrogen-bond donors (Lipinski definition) is 1. The molecule has 2 heterocycles. The smallest absolute Gasteiger partial charge is 0.117 e. The number of hydrogen-bond acceptors (Lipinski definition) is 5. The second-order valence-electron chi connectivity index (χ2n) is 5.63. The van der Waals surface area contributed by atoms with Gasteiger partial charge in [-0.2, -0.15) is 0 Å². The lowest BCUT2D eigenvalue weighted by Crippen LogP contribution is -2.47. The fraction of sp³-hybridized carbons (Fsp3) is 0.714. The Hall–Kier alpha value is -1.20. The van der Waals surface area contributed by atoms with Crippen LogP contribution in [0.4, 0.5) is 0 Å². The van der Waals surface area contributed by atoms with Crippen molar-refractivity contribution < 1.29 is 5.11 Å². The maximum absolute atomic E-state index is 9.92. The van der Waals surface area contributed by atoms with Crippen molar-refractivity contribution in [2.45, 2.75) is 25.9 Å². The zero-order chi connectivity index (χ0) is 13.8. The monoisotopic (exact) mass is 264 g/mol. The standard InChI is InChI=1S/C14H24N4O/c1-11-8-13(19)12(2)15-10-16-14(9-11)18-6-4-17(3)5-7-18/h10-11,13,19H,2,4-9H2,1,3H3/b15-10-,16-14+/t11-,13-/m1/s1. The predicted molar refractivity (Wildman–Crippen MR) is 78.5 cm³/mol. The number of aliphatic hydroxyl groups is 1. The minimum atomic E-state index is -0.548. The number of amidine groups is 1. The zero-order valence-corrected chi connectivity index (χ0v) is 11.9. The Morgan fingerprint density at radius 2 is 2.00 bits per heavy atom. The number of piperazine rings is 1. The summed E-state index contributed by atoms with van der Waals surface area (Å²) in [6, 6.07) is 0. The molecule has 106 valence electrons. The molecular formula is C14H24N4O. The molecule has 0 amide bonds. The molecule has 19 heavy (non-hydrogen) atoms. The molecule has 0 spiro atoms. The van der Waals surface area contributed by atoms with Crippen LogP contribution in [-0.4, -0.2) is 66.4 Å². The van der Waals surface area contributed by atoms with Gasteiger partial charge in [0.25, 0.3) is 0 Å². The molecule has 5 heteroatoms. The van der Waals surface area contributed by atoms with Gasteiger partial charge >= 0.3 is 0 Å². The van der Waals surface area contributed by atoms with E-state index in [0.717, 1.165) is 38.4 Å². The Bertz CT molecular complexity index is 383. The van der Waals surface area contributed by atoms with Gasteiger partial charge in [0.05, 0.1) is 11.8 Å². The van der Waals surface area contributed by atoms with Crippen molar-refractivity contribution in [1.82, 2.24) is 9.80 Å². The Balaban J connectivity index is 2.08. The fourth-order valence-electron chi connectivity index (χ4n) is 2.50. The number of likely N-dealkylation sites (N-methyl/N-ethyl adjacent to an activating group) is 1. The molecule has 0 bridgehead atoms. The van der Waals surface area contributed by atoms with Crippen molar-refractivity contribution in [2.75, 3.05) is 33.2 Å². The summed E-state index contributed by atoms with van der Waals surface area (Å²) in [6.07, 6.45) is 2.58. The molecular weight excluding hydrogens is 240 g/mol. The summed E-state index contributed by atoms with van der Waals surface area (Å²) in [6.45, 7) is 10.1. The average molecular weight is 264 g/mol. The minimum Gasteiger partial charge on any atom is -0.387 e. The van der Waals surface area contributed by atoms with Crippen molar-refractivity contribution in [2.24, 2.45) is 15.9 Å². The second-order valence-corrected chi connectivity index (χ2v) is 5.63. The van der Waals surface area contributed by atoms with E-state index in [2.05, 4.69) is 40.3 Å². The zero-order valence-electron chi connectivity index (χ0n) is 11.9. The molecule has 1 saturated heterocycles. The lowest BCUT2D eigenvalue weighted by atomic mass is 9.98. The topological polar surface area (TPSA) is 51.4 Å². The average Bonchev–Trinajstić information content (AvgIpc) is 2.43. The van der Waals surface area contributed by atoms with E-state index < -0.39 is 6.10 Å². The maximum atomic E-state index is 9.92. The van der Waals surface area contributed by atoms with Crippen molar-refractivity contribution in [3.05, 3.63) is 12.3 Å². The van der Waals surface area contributed by atoms with Gasteiger partial charge < -0.3 is 14.9 Å². The normalized spacial score (nSPS) is 35.0. The van der Waals surface area contributed by atoms with Gasteiger partial charge in [-0.05, 0) is 19.4 Å². The predicted octanol–water partition coefficient (Wildman–Crippen LogP) is 0.965. The van der Waals surface area contributed by atoms with Crippen molar-refractivity contribution >= 4 is 12.2 Å². The van der Waals surface area contributed by atoms with Crippen LogP contribution in [0.25, 0.3) is 0 Å². The molecule has 5 nitrogen and oxygen atoms in total. The molecule has 0 saturated carbocycles. The van der Waals surface area contributed by atoms with E-state index in [1.54, 1.807) is 0 Å². The fourth-order valence-corrected chi connectivity index (χ4v) is 2.50. The highest BCUT2D eigenvalue weighted by Gasteiger charge is 2.21. The lowest BCUT2D eigenvalue weighted by Gasteiger charge is -2.35. The van der Waals surface area contributed by atoms with Gasteiger partial charge in [-0.1, -0.05) is 13.5 Å². The SMILES string of the molecule is C=C1/N=C\N=C(\N2CCN(C)CC2)C[C@H](C)C[C@H]1O. The van der Waals surface area contributed by atoms with Crippen LogP contribution in [0.3, 0.4) is 0 Å². The van der Waals surface area contributed by atoms with Gasteiger partial charge in [-0.3, -0.25) is 0 Å². The van der Waals surface area contributed by atoms with Crippen molar-refractivity contribution in [3.63, 3.8) is 0 Å². The summed E-state index contributed by atoms with van der Waals surface area (Å²) in [5.74, 6) is 1.47. The van der Waals surface area contributed by atoms with Gasteiger partial charge in [0.2, 0.25) is 0 Å². The van der Waals surface area contributed by atoms with Gasteiger partial charge in [-0.15, -0.1) is 0 Å². The third-order valence-electron chi connectivity index (χ3n) is 3.84. The van der Waals surface area contributed by atoms with E-state index in [4.69, 9.17) is 0 Å². The van der Waals surface area contributed by atoms with E-state index in [9.17, 15) is 5.11 Å². The van der Waals surface area contributed by atoms with Crippen LogP contribution in [0.15, 0.2) is 22.3 Å². The van der Waals surface area contributed by atoms with Crippen LogP contribution >= 0.6 is 0 Å². The summed E-state index contributed by atoms with van der Waals surface area (Å²) in [7, 11) is 2.15. The van der Waals surface area contributed by atoms with Gasteiger partial charge in [0.1, 0.15) is 12.2 Å². The van der Waals surface area contributed by atoms with Crippen LogP contribution < -0.4 is 0 Å². The Morgan fingerprint density at radius 1 is 1.32 bits per heavy atom. The summed E-state index contributed by atoms with van der Waals surface area (Å²) >= 11 is 0. The first kappa shape index (κ1) is 14.2. The van der Waals surface area contributed by atoms with Crippen molar-refractivity contribution in [1.29, 1.82) is 0 Å². The number of aliphatic imine (C=N–C) groups is 2. The molecule has 1 N–H and O–H groups in total. The summed E-state index contributed by atoms with van der Waals surface area (Å²) in [5.41, 5.74) is 0.509. The second kappa shape index (κ2) is 6.30. The quantitative estimate of drug-likeness (QED) is 0.709. The number of rotatable bonds is 0. The van der Waals surface area contributed by atoms with Gasteiger partial charge in [0.15, 0.2) is 0 Å². The van der Waals surface area contributed by atoms with E-state index in [-0.39, 0.29) is 0 Å². The van der Waals surface area contributed by atoms with Crippen LogP contribution in [-0.2, 0) is 0 Å². The van der Waals surface area contributed by atoms with Crippen LogP contribution in [0.2, 0.25) is 0 Å². The van der Waals surface area contributed by atoms with Crippen LogP contribution in [0.1, 0.15) is 19.8 Å². The first-order valence-electron chi connectivity index (χ1n) is 6.96. The van der Waals surface area contributed by atoms with E-state index in [0.29, 0.717) is 18.0 Å². The summed E-state index contributed by atoms with van der Waals surface area (Å²) < 4.78 is 0. The van der Waals surface area contributed by atoms with Crippen molar-refractivity contribution in [3.8, 4) is 0 Å². The van der Waals surface area contributed by atoms with Gasteiger partial charge in [-0.25, -0.2) is 9.98 Å². The molecule has 0 aromatic heterocycles.